The molecule has 0 aliphatic heterocycles. The van der Waals surface area contributed by atoms with E-state index in [1.165, 1.54) is 6.07 Å². The summed E-state index contributed by atoms with van der Waals surface area (Å²) in [5.41, 5.74) is 0.456. The molecule has 4 nitrogen and oxygen atoms in total. The number of carbonyl (C=O) groups is 1. The zero-order chi connectivity index (χ0) is 10.3. The van der Waals surface area contributed by atoms with Crippen LogP contribution in [-0.4, -0.2) is 20.5 Å². The van der Waals surface area contributed by atoms with E-state index in [1.54, 1.807) is 16.8 Å². The van der Waals surface area contributed by atoms with E-state index in [0.717, 1.165) is 0 Å². The van der Waals surface area contributed by atoms with E-state index < -0.39 is 5.97 Å². The lowest BCUT2D eigenvalue weighted by Crippen LogP contribution is -2.00. The maximum Gasteiger partial charge on any atom is 0.339 e. The highest BCUT2D eigenvalue weighted by atomic mass is 79.9. The molecule has 0 aliphatic rings. The van der Waals surface area contributed by atoms with Crippen LogP contribution in [0.5, 0.6) is 0 Å². The first-order valence-electron chi connectivity index (χ1n) is 3.65. The molecule has 72 valence electrons. The third-order valence-corrected chi connectivity index (χ3v) is 2.33. The topological polar surface area (TPSA) is 54.6 Å². The fourth-order valence-electron chi connectivity index (χ4n) is 1.19. The first-order valence-corrected chi connectivity index (χ1v) is 4.82. The zero-order valence-corrected chi connectivity index (χ0v) is 9.08. The van der Waals surface area contributed by atoms with Crippen LogP contribution in [0.2, 0.25) is 5.15 Å². The Morgan fingerprint density at radius 3 is 2.93 bits per heavy atom. The number of fused-ring (bicyclic) bond motifs is 1. The number of hydrogen-bond acceptors (Lipinski definition) is 2. The van der Waals surface area contributed by atoms with Gasteiger partial charge in [0.25, 0.3) is 0 Å². The number of carboxylic acids is 1. The largest absolute Gasteiger partial charge is 0.478 e. The van der Waals surface area contributed by atoms with Crippen molar-refractivity contribution in [1.29, 1.82) is 0 Å². The van der Waals surface area contributed by atoms with Crippen molar-refractivity contribution in [2.75, 3.05) is 0 Å². The zero-order valence-electron chi connectivity index (χ0n) is 6.74. The van der Waals surface area contributed by atoms with Gasteiger partial charge in [-0.25, -0.2) is 9.78 Å². The number of nitrogens with zero attached hydrogens (tertiary/aromatic N) is 2. The van der Waals surface area contributed by atoms with E-state index in [-0.39, 0.29) is 10.7 Å². The van der Waals surface area contributed by atoms with Crippen molar-refractivity contribution in [3.63, 3.8) is 0 Å². The molecule has 0 saturated heterocycles. The second-order valence-electron chi connectivity index (χ2n) is 2.67. The molecule has 0 aliphatic carbocycles. The van der Waals surface area contributed by atoms with E-state index in [2.05, 4.69) is 20.9 Å². The molecule has 2 aromatic heterocycles. The van der Waals surface area contributed by atoms with Gasteiger partial charge in [0.05, 0.1) is 0 Å². The number of rotatable bonds is 1. The average Bonchev–Trinajstić information content (AvgIpc) is 2.42. The minimum absolute atomic E-state index is 0.117. The fraction of sp³-hybridized carbons (Fsp3) is 0. The normalized spacial score (nSPS) is 10.7. The molecule has 0 fully saturated rings. The molecule has 14 heavy (non-hydrogen) atoms. The maximum atomic E-state index is 10.9. The number of pyridine rings is 1. The van der Waals surface area contributed by atoms with Crippen molar-refractivity contribution in [3.8, 4) is 0 Å². The Kier molecular flexibility index (Phi) is 2.20. The van der Waals surface area contributed by atoms with E-state index in [4.69, 9.17) is 16.7 Å². The van der Waals surface area contributed by atoms with Crippen LogP contribution < -0.4 is 0 Å². The summed E-state index contributed by atoms with van der Waals surface area (Å²) < 4.78 is 2.23. The Morgan fingerprint density at radius 1 is 1.57 bits per heavy atom. The first-order chi connectivity index (χ1) is 6.58. The van der Waals surface area contributed by atoms with Gasteiger partial charge in [-0.1, -0.05) is 11.6 Å². The number of imidazole rings is 1. The summed E-state index contributed by atoms with van der Waals surface area (Å²) in [7, 11) is 0. The van der Waals surface area contributed by atoms with E-state index in [0.29, 0.717) is 10.1 Å². The van der Waals surface area contributed by atoms with Crippen molar-refractivity contribution < 1.29 is 9.90 Å². The van der Waals surface area contributed by atoms with Crippen LogP contribution in [0.1, 0.15) is 10.4 Å². The molecule has 2 aromatic rings. The van der Waals surface area contributed by atoms with Crippen LogP contribution in [-0.2, 0) is 0 Å². The Balaban J connectivity index is 2.85. The van der Waals surface area contributed by atoms with Gasteiger partial charge >= 0.3 is 5.97 Å². The third-order valence-electron chi connectivity index (χ3n) is 1.72. The summed E-state index contributed by atoms with van der Waals surface area (Å²) >= 11 is 8.88. The lowest BCUT2D eigenvalue weighted by molar-refractivity contribution is 0.0698. The van der Waals surface area contributed by atoms with Crippen molar-refractivity contribution in [2.45, 2.75) is 0 Å². The summed E-state index contributed by atoms with van der Waals surface area (Å²) in [6.45, 7) is 0. The van der Waals surface area contributed by atoms with Crippen LogP contribution >= 0.6 is 27.5 Å². The van der Waals surface area contributed by atoms with Crippen molar-refractivity contribution >= 4 is 39.1 Å². The quantitative estimate of drug-likeness (QED) is 0.870. The second-order valence-corrected chi connectivity index (χ2v) is 3.97. The van der Waals surface area contributed by atoms with Gasteiger partial charge < -0.3 is 9.51 Å². The standard InChI is InChI=1S/C8H4BrClN2O2/c9-4-1-5(8(13)14)7-11-6(10)3-12(7)2-4/h1-3H,(H,13,14). The monoisotopic (exact) mass is 274 g/mol. The first kappa shape index (κ1) is 9.48. The molecular formula is C8H4BrClN2O2. The molecule has 2 rings (SSSR count). The van der Waals surface area contributed by atoms with Crippen LogP contribution in [0.15, 0.2) is 22.9 Å². The Labute approximate surface area is 92.3 Å². The predicted octanol–water partition coefficient (Wildman–Crippen LogP) is 2.45. The molecule has 0 bridgehead atoms. The molecule has 1 N–H and O–H groups in total. The molecular weight excluding hydrogens is 271 g/mol. The smallest absolute Gasteiger partial charge is 0.339 e. The lowest BCUT2D eigenvalue weighted by atomic mass is 10.3. The van der Waals surface area contributed by atoms with Gasteiger partial charge in [-0.15, -0.1) is 0 Å². The van der Waals surface area contributed by atoms with E-state index in [1.807, 2.05) is 0 Å². The maximum absolute atomic E-state index is 10.9. The van der Waals surface area contributed by atoms with Crippen LogP contribution in [0.25, 0.3) is 5.65 Å². The van der Waals surface area contributed by atoms with Gasteiger partial charge in [0.1, 0.15) is 10.7 Å². The Hall–Kier alpha value is -1.07. The second kappa shape index (κ2) is 3.25. The van der Waals surface area contributed by atoms with Gasteiger partial charge in [0.15, 0.2) is 5.65 Å². The van der Waals surface area contributed by atoms with Crippen molar-refractivity contribution in [3.05, 3.63) is 33.6 Å². The molecule has 0 saturated carbocycles. The predicted molar refractivity (Wildman–Crippen MR) is 54.9 cm³/mol. The van der Waals surface area contributed by atoms with Crippen molar-refractivity contribution in [1.82, 2.24) is 9.38 Å². The average molecular weight is 275 g/mol. The molecule has 6 heteroatoms. The summed E-state index contributed by atoms with van der Waals surface area (Å²) in [5, 5.41) is 9.17. The number of aromatic nitrogens is 2. The molecule has 2 heterocycles. The summed E-state index contributed by atoms with van der Waals surface area (Å²) in [6, 6.07) is 1.49. The fourth-order valence-corrected chi connectivity index (χ4v) is 1.83. The van der Waals surface area contributed by atoms with Crippen LogP contribution in [0, 0.1) is 0 Å². The molecule has 0 aromatic carbocycles. The van der Waals surface area contributed by atoms with Gasteiger partial charge in [0.2, 0.25) is 0 Å². The lowest BCUT2D eigenvalue weighted by Gasteiger charge is -1.99. The van der Waals surface area contributed by atoms with Crippen LogP contribution in [0.3, 0.4) is 0 Å². The van der Waals surface area contributed by atoms with Gasteiger partial charge in [-0.3, -0.25) is 0 Å². The SMILES string of the molecule is O=C(O)c1cc(Br)cn2cc(Cl)nc12. The van der Waals surface area contributed by atoms with Gasteiger partial charge in [-0.2, -0.15) is 0 Å². The number of aromatic carboxylic acids is 1. The minimum atomic E-state index is -1.03. The highest BCUT2D eigenvalue weighted by Gasteiger charge is 2.12. The number of halogens is 2. The highest BCUT2D eigenvalue weighted by molar-refractivity contribution is 9.10. The number of hydrogen-bond donors (Lipinski definition) is 1. The van der Waals surface area contributed by atoms with Gasteiger partial charge in [-0.05, 0) is 22.0 Å². The van der Waals surface area contributed by atoms with Crippen LogP contribution in [0.4, 0.5) is 0 Å². The Bertz CT molecular complexity index is 523. The summed E-state index contributed by atoms with van der Waals surface area (Å²) in [6.07, 6.45) is 3.24. The molecule has 0 amide bonds. The summed E-state index contributed by atoms with van der Waals surface area (Å²) in [5.74, 6) is -1.03. The van der Waals surface area contributed by atoms with E-state index in [9.17, 15) is 4.79 Å². The minimum Gasteiger partial charge on any atom is -0.478 e. The Morgan fingerprint density at radius 2 is 2.29 bits per heavy atom. The van der Waals surface area contributed by atoms with E-state index >= 15 is 0 Å². The highest BCUT2D eigenvalue weighted by Crippen LogP contribution is 2.19. The number of carboxylic acid groups (broad SMARTS) is 1. The summed E-state index contributed by atoms with van der Waals surface area (Å²) in [4.78, 5) is 14.8. The third kappa shape index (κ3) is 1.49. The molecule has 0 unspecified atom stereocenters. The van der Waals surface area contributed by atoms with Crippen molar-refractivity contribution in [2.24, 2.45) is 0 Å². The van der Waals surface area contributed by atoms with Gasteiger partial charge in [0, 0.05) is 16.9 Å². The molecule has 0 spiro atoms. The molecule has 0 radical (unpaired) electrons. The molecule has 0 atom stereocenters.